The van der Waals surface area contributed by atoms with E-state index < -0.39 is 0 Å². The van der Waals surface area contributed by atoms with Gasteiger partial charge in [0.15, 0.2) is 0 Å². The van der Waals surface area contributed by atoms with Crippen molar-refractivity contribution in [2.45, 2.75) is 54.9 Å². The predicted molar refractivity (Wildman–Crippen MR) is 171 cm³/mol. The lowest BCUT2D eigenvalue weighted by Crippen LogP contribution is -2.55. The largest absolute Gasteiger partial charge is 0.310 e. The molecule has 1 aliphatic carbocycles. The maximum Gasteiger partial charge on any atom is 0.242 e. The van der Waals surface area contributed by atoms with Gasteiger partial charge in [0.2, 0.25) is 6.71 Å². The number of hydrogen-bond acceptors (Lipinski definition) is 0. The zero-order chi connectivity index (χ0) is 27.4. The summed E-state index contributed by atoms with van der Waals surface area (Å²) in [5.74, 6) is 0.571. The minimum absolute atomic E-state index is 0.191. The van der Waals surface area contributed by atoms with Crippen molar-refractivity contribution in [1.29, 1.82) is 0 Å². The fourth-order valence-corrected chi connectivity index (χ4v) is 7.23. The molecular formula is C37H38BN. The van der Waals surface area contributed by atoms with Gasteiger partial charge in [0.25, 0.3) is 0 Å². The fraction of sp³-hybridized carbons (Fsp3) is 0.243. The van der Waals surface area contributed by atoms with Crippen molar-refractivity contribution in [3.05, 3.63) is 124 Å². The number of hydrogen-bond donors (Lipinski definition) is 0. The Morgan fingerprint density at radius 3 is 1.79 bits per heavy atom. The van der Waals surface area contributed by atoms with Crippen LogP contribution in [0.1, 0.15) is 51.6 Å². The molecule has 0 saturated carbocycles. The van der Waals surface area contributed by atoms with Crippen LogP contribution in [-0.2, 0) is 6.42 Å². The summed E-state index contributed by atoms with van der Waals surface area (Å²) in [5.41, 5.74) is 17.6. The van der Waals surface area contributed by atoms with E-state index in [2.05, 4.69) is 138 Å². The number of aryl methyl sites for hydroxylation is 6. The minimum atomic E-state index is 0.191. The second-order valence-corrected chi connectivity index (χ2v) is 11.9. The third-order valence-electron chi connectivity index (χ3n) is 8.67. The Labute approximate surface area is 234 Å². The monoisotopic (exact) mass is 507 g/mol. The highest BCUT2D eigenvalue weighted by atomic mass is 15.0. The van der Waals surface area contributed by atoms with Crippen LogP contribution in [0.4, 0.5) is 0 Å². The van der Waals surface area contributed by atoms with Gasteiger partial charge in [0.1, 0.15) is 0 Å². The first-order valence-electron chi connectivity index (χ1n) is 14.3. The molecule has 1 nitrogen and oxygen atoms in total. The smallest absolute Gasteiger partial charge is 0.242 e. The molecule has 0 bridgehead atoms. The first kappa shape index (κ1) is 25.5. The second kappa shape index (κ2) is 9.76. The molecule has 39 heavy (non-hydrogen) atoms. The van der Waals surface area contributed by atoms with E-state index in [1.807, 2.05) is 0 Å². The highest BCUT2D eigenvalue weighted by Crippen LogP contribution is 2.35. The van der Waals surface area contributed by atoms with E-state index in [1.54, 1.807) is 0 Å². The Kier molecular flexibility index (Phi) is 6.38. The van der Waals surface area contributed by atoms with Crippen LogP contribution in [-0.4, -0.2) is 11.3 Å². The molecule has 0 N–H and O–H groups in total. The lowest BCUT2D eigenvalue weighted by atomic mass is 9.34. The Balaban J connectivity index is 1.54. The average Bonchev–Trinajstić information content (AvgIpc) is 3.20. The molecule has 0 saturated heterocycles. The molecule has 5 aromatic rings. The predicted octanol–water partition coefficient (Wildman–Crippen LogP) is 7.20. The van der Waals surface area contributed by atoms with Crippen LogP contribution in [0.25, 0.3) is 22.7 Å². The SMILES string of the molecule is Cc1cc(C)c(B(c2ccc(-n3c4c(c5ccccc53)CC(C)C=C4)cc2)c2c(C)cc(C)cc2C)c(C)c1. The highest BCUT2D eigenvalue weighted by Gasteiger charge is 2.29. The van der Waals surface area contributed by atoms with Gasteiger partial charge in [-0.05, 0) is 83.7 Å². The van der Waals surface area contributed by atoms with Crippen LogP contribution < -0.4 is 16.4 Å². The molecule has 1 unspecified atom stereocenters. The first-order chi connectivity index (χ1) is 18.7. The van der Waals surface area contributed by atoms with Gasteiger partial charge < -0.3 is 4.57 Å². The summed E-state index contributed by atoms with van der Waals surface area (Å²) >= 11 is 0. The molecule has 4 aromatic carbocycles. The van der Waals surface area contributed by atoms with E-state index in [-0.39, 0.29) is 6.71 Å². The van der Waals surface area contributed by atoms with Gasteiger partial charge in [-0.25, -0.2) is 0 Å². The normalized spacial score (nSPS) is 14.6. The topological polar surface area (TPSA) is 4.93 Å². The van der Waals surface area contributed by atoms with Crippen molar-refractivity contribution in [3.8, 4) is 5.69 Å². The molecule has 194 valence electrons. The summed E-state index contributed by atoms with van der Waals surface area (Å²) in [7, 11) is 0. The number of rotatable bonds is 4. The molecule has 1 heterocycles. The van der Waals surface area contributed by atoms with Crippen molar-refractivity contribution in [2.24, 2.45) is 5.92 Å². The fourth-order valence-electron chi connectivity index (χ4n) is 7.23. The van der Waals surface area contributed by atoms with Gasteiger partial charge in [0, 0.05) is 16.8 Å². The molecule has 0 fully saturated rings. The Hall–Kier alpha value is -3.78. The van der Waals surface area contributed by atoms with Crippen molar-refractivity contribution >= 4 is 40.1 Å². The minimum Gasteiger partial charge on any atom is -0.310 e. The number of fused-ring (bicyclic) bond motifs is 3. The number of para-hydroxylation sites is 1. The maximum absolute atomic E-state index is 2.45. The Morgan fingerprint density at radius 1 is 0.692 bits per heavy atom. The summed E-state index contributed by atoms with van der Waals surface area (Å²) in [4.78, 5) is 0. The number of benzene rings is 4. The number of nitrogens with zero attached hydrogens (tertiary/aromatic N) is 1. The molecule has 0 aliphatic heterocycles. The third kappa shape index (κ3) is 4.37. The zero-order valence-electron chi connectivity index (χ0n) is 24.4. The first-order valence-corrected chi connectivity index (χ1v) is 14.3. The molecular weight excluding hydrogens is 469 g/mol. The van der Waals surface area contributed by atoms with Crippen molar-refractivity contribution < 1.29 is 0 Å². The molecule has 0 spiro atoms. The lowest BCUT2D eigenvalue weighted by molar-refractivity contribution is 0.718. The van der Waals surface area contributed by atoms with E-state index in [0.717, 1.165) is 6.42 Å². The van der Waals surface area contributed by atoms with Gasteiger partial charge in [-0.1, -0.05) is 117 Å². The zero-order valence-corrected chi connectivity index (χ0v) is 24.4. The van der Waals surface area contributed by atoms with Gasteiger partial charge in [0.05, 0.1) is 5.52 Å². The molecule has 0 amide bonds. The van der Waals surface area contributed by atoms with Gasteiger partial charge >= 0.3 is 0 Å². The van der Waals surface area contributed by atoms with E-state index in [4.69, 9.17) is 0 Å². The molecule has 1 atom stereocenters. The standard InChI is InChI=1S/C37H38BN/c1-23-12-17-35-33(22-23)32-10-8-9-11-34(32)39(35)31-15-13-30(14-16-31)38(36-26(4)18-24(2)19-27(36)5)37-28(6)20-25(3)21-29(37)7/h8-21,23H,22H2,1-7H3. The van der Waals surface area contributed by atoms with Crippen LogP contribution in [0.5, 0.6) is 0 Å². The van der Waals surface area contributed by atoms with Crippen molar-refractivity contribution in [1.82, 2.24) is 4.57 Å². The molecule has 2 heteroatoms. The van der Waals surface area contributed by atoms with Gasteiger partial charge in [-0.3, -0.25) is 0 Å². The van der Waals surface area contributed by atoms with E-state index in [0.29, 0.717) is 5.92 Å². The molecule has 1 aromatic heterocycles. The van der Waals surface area contributed by atoms with Gasteiger partial charge in [-0.2, -0.15) is 0 Å². The summed E-state index contributed by atoms with van der Waals surface area (Å²) in [5, 5.41) is 1.38. The van der Waals surface area contributed by atoms with Crippen LogP contribution in [0.3, 0.4) is 0 Å². The van der Waals surface area contributed by atoms with Gasteiger partial charge in [-0.15, -0.1) is 0 Å². The lowest BCUT2D eigenvalue weighted by Gasteiger charge is -2.25. The highest BCUT2D eigenvalue weighted by molar-refractivity contribution is 6.96. The summed E-state index contributed by atoms with van der Waals surface area (Å²) in [6.45, 7) is 16.0. The van der Waals surface area contributed by atoms with Crippen LogP contribution in [0, 0.1) is 47.5 Å². The van der Waals surface area contributed by atoms with Crippen molar-refractivity contribution in [2.75, 3.05) is 0 Å². The average molecular weight is 508 g/mol. The van der Waals surface area contributed by atoms with Crippen LogP contribution >= 0.6 is 0 Å². The number of aromatic nitrogens is 1. The Morgan fingerprint density at radius 2 is 1.23 bits per heavy atom. The quantitative estimate of drug-likeness (QED) is 0.227. The molecule has 6 rings (SSSR count). The van der Waals surface area contributed by atoms with Crippen LogP contribution in [0.2, 0.25) is 0 Å². The third-order valence-corrected chi connectivity index (χ3v) is 8.67. The van der Waals surface area contributed by atoms with E-state index >= 15 is 0 Å². The molecule has 0 radical (unpaired) electrons. The summed E-state index contributed by atoms with van der Waals surface area (Å²) < 4.78 is 2.45. The van der Waals surface area contributed by atoms with Crippen molar-refractivity contribution in [3.63, 3.8) is 0 Å². The van der Waals surface area contributed by atoms with E-state index in [9.17, 15) is 0 Å². The molecule has 1 aliphatic rings. The maximum atomic E-state index is 2.45. The summed E-state index contributed by atoms with van der Waals surface area (Å²) in [6.07, 6.45) is 5.78. The van der Waals surface area contributed by atoms with E-state index in [1.165, 1.54) is 77.6 Å². The van der Waals surface area contributed by atoms with Crippen LogP contribution in [0.15, 0.2) is 78.9 Å². The summed E-state index contributed by atoms with van der Waals surface area (Å²) in [6, 6.07) is 27.6. The Bertz CT molecular complexity index is 1650. The second-order valence-electron chi connectivity index (χ2n) is 11.9. The number of allylic oxidation sites excluding steroid dienone is 1.